The molecule has 0 aliphatic carbocycles. The molecule has 7 aromatic rings. The van der Waals surface area contributed by atoms with Gasteiger partial charge in [0.1, 0.15) is 83.4 Å². The molecule has 7 aliphatic heterocycles. The number of para-hydroxylation sites is 1. The topological polar surface area (TPSA) is 602 Å². The average molecular weight is 1970 g/mol. The van der Waals surface area contributed by atoms with Crippen molar-refractivity contribution in [3.05, 3.63) is 182 Å². The average Bonchev–Trinajstić information content (AvgIpc) is 0.764. The first kappa shape index (κ1) is 105. The van der Waals surface area contributed by atoms with Gasteiger partial charge in [0.2, 0.25) is 65.2 Å². The maximum absolute atomic E-state index is 16.1. The number of phenols is 3. The van der Waals surface area contributed by atoms with Gasteiger partial charge in [-0.1, -0.05) is 110 Å². The van der Waals surface area contributed by atoms with Crippen molar-refractivity contribution < 1.29 is 142 Å². The molecule has 0 spiro atoms. The van der Waals surface area contributed by atoms with Gasteiger partial charge in [0.15, 0.2) is 29.9 Å². The summed E-state index contributed by atoms with van der Waals surface area (Å²) >= 11 is 14.3. The number of aliphatic hydroxyl groups is 6. The molecule has 2 saturated heterocycles. The molecule has 40 nitrogen and oxygen atoms in total. The fourth-order valence-electron chi connectivity index (χ4n) is 16.8. The van der Waals surface area contributed by atoms with E-state index in [1.807, 2.05) is 81.5 Å². The highest BCUT2D eigenvalue weighted by atomic mass is 35.5. The monoisotopic (exact) mass is 1970 g/mol. The smallest absolute Gasteiger partial charge is 0.330 e. The summed E-state index contributed by atoms with van der Waals surface area (Å²) in [6, 6.07) is 16.8. The van der Waals surface area contributed by atoms with Gasteiger partial charge in [-0.3, -0.25) is 47.9 Å². The predicted molar refractivity (Wildman–Crippen MR) is 500 cm³/mol. The van der Waals surface area contributed by atoms with Gasteiger partial charge in [0.25, 0.3) is 5.91 Å². The Kier molecular flexibility index (Phi) is 35.4. The van der Waals surface area contributed by atoms with E-state index in [1.165, 1.54) is 33.0 Å². The van der Waals surface area contributed by atoms with Gasteiger partial charge in [-0.25, -0.2) is 9.79 Å². The van der Waals surface area contributed by atoms with Crippen LogP contribution >= 0.6 is 23.2 Å². The van der Waals surface area contributed by atoms with Gasteiger partial charge >= 0.3 is 5.97 Å². The molecular weight excluding hydrogens is 1850 g/mol. The van der Waals surface area contributed by atoms with Crippen molar-refractivity contribution in [2.75, 3.05) is 38.3 Å². The zero-order valence-electron chi connectivity index (χ0n) is 76.8. The number of carboxylic acids is 1. The first-order chi connectivity index (χ1) is 66.1. The number of primary amides is 1. The maximum Gasteiger partial charge on any atom is 0.330 e. The van der Waals surface area contributed by atoms with Crippen LogP contribution in [-0.4, -0.2) is 241 Å². The van der Waals surface area contributed by atoms with E-state index in [9.17, 15) is 89.4 Å². The number of phenolic OH excluding ortho intramolecular Hbond substituents is 3. The largest absolute Gasteiger partial charge is 0.508 e. The Hall–Kier alpha value is -12.8. The van der Waals surface area contributed by atoms with Crippen LogP contribution < -0.4 is 67.4 Å². The van der Waals surface area contributed by atoms with Gasteiger partial charge in [-0.15, -0.1) is 0 Å². The molecule has 744 valence electrons. The number of hydrogen-bond acceptors (Lipinski definition) is 29. The number of anilines is 1. The minimum atomic E-state index is -2.39. The number of hydrogen-bond donors (Lipinski definition) is 19. The number of carboxylic acid groups (broad SMARTS) is 1. The van der Waals surface area contributed by atoms with Crippen LogP contribution in [0.3, 0.4) is 0 Å². The number of amides is 10. The molecule has 19 atom stereocenters. The van der Waals surface area contributed by atoms with Crippen molar-refractivity contribution >= 4 is 113 Å². The molecule has 7 aromatic carbocycles. The minimum Gasteiger partial charge on any atom is -0.508 e. The van der Waals surface area contributed by atoms with Crippen LogP contribution in [0.25, 0.3) is 23.3 Å². The van der Waals surface area contributed by atoms with Crippen LogP contribution in [0.15, 0.2) is 132 Å². The highest BCUT2D eigenvalue weighted by Gasteiger charge is 2.53. The first-order valence-corrected chi connectivity index (χ1v) is 45.7. The Morgan fingerprint density at radius 1 is 0.691 bits per heavy atom. The van der Waals surface area contributed by atoms with E-state index >= 15 is 14.4 Å². The number of aliphatic hydroxyl groups excluding tert-OH is 6. The summed E-state index contributed by atoms with van der Waals surface area (Å²) in [5.74, 6) is -17.2. The Balaban J connectivity index is 0.850. The summed E-state index contributed by atoms with van der Waals surface area (Å²) in [5, 5.41) is 136. The molecule has 20 N–H and O–H groups in total. The third-order valence-corrected chi connectivity index (χ3v) is 24.9. The summed E-state index contributed by atoms with van der Waals surface area (Å²) in [7, 11) is 1.46. The number of aliphatic carboxylic acids is 1. The van der Waals surface area contributed by atoms with Gasteiger partial charge in [0, 0.05) is 61.6 Å². The number of nitrogens with one attached hydrogen (secondary N) is 8. The second kappa shape index (κ2) is 46.8. The van der Waals surface area contributed by atoms with Crippen molar-refractivity contribution in [1.82, 2.24) is 42.5 Å². The summed E-state index contributed by atoms with van der Waals surface area (Å²) in [6.07, 6.45) is -17.0. The van der Waals surface area contributed by atoms with E-state index in [-0.39, 0.29) is 92.4 Å². The van der Waals surface area contributed by atoms with E-state index in [4.69, 9.17) is 66.8 Å². The standard InChI is InChI=1S/C97H113Cl2N11O29/c1-46(2)33-62(101-7)90(125)108-83-84(121)54-22-25-69(61(99)36-54)136-71-38-56-37-70(135-68-24-21-52(35-60(68)98)66(114)42-76(119)105-82(95(130)131)59-39-57(112)40-67(115)79(59)58-34-53(20-23-65(58)113)80(92(127)102-8)107-93(128)81(56)106-91(126)63(41-73(100)116)104-94(83)129)87(71)139-96-88(86(123)85(122)72(45-111)137-96)138-78-43-97(6,89(124)49(5)134-78)109-75(118)26-17-47(3)132-31-28-48(4)133-32-29-74(117)103-30-27-77(120)110-44-55-15-10-9-13-50(55)18-19-51-14-11-12-16-64(51)110/h9-16,18-25,34-40,46-49,62-63,66,72,78,80-86,88-89,96,101,111-115,121-124H,8,17,26-33,41-45H2,1-7H3,(H2,100,116)(H,103,117)(H,104,129)(H,105,119)(H,106,126)(H,107,128)(H,108,125)(H,109,118)(H,130,131)/t47?,48?,49-,62+,63?,66-,72?,78-,80+,81+,82-,83+,84+,85+,86-,88+,89+,96-,97-/m0/s1. The molecule has 139 heavy (non-hydrogen) atoms. The van der Waals surface area contributed by atoms with Crippen molar-refractivity contribution in [1.29, 1.82) is 0 Å². The van der Waals surface area contributed by atoms with E-state index in [0.29, 0.717) is 13.0 Å². The van der Waals surface area contributed by atoms with E-state index in [2.05, 4.69) is 54.2 Å². The summed E-state index contributed by atoms with van der Waals surface area (Å²) < 4.78 is 51.4. The number of nitrogens with zero attached hydrogens (tertiary/aromatic N) is 2. The number of aliphatic imine (C=N–C) groups is 1. The number of aromatic hydroxyl groups is 3. The summed E-state index contributed by atoms with van der Waals surface area (Å²) in [4.78, 5) is 162. The fourth-order valence-corrected chi connectivity index (χ4v) is 17.3. The Morgan fingerprint density at radius 3 is 2.01 bits per heavy atom. The van der Waals surface area contributed by atoms with Crippen molar-refractivity contribution in [2.45, 2.75) is 221 Å². The van der Waals surface area contributed by atoms with Gasteiger partial charge < -0.3 is 142 Å². The van der Waals surface area contributed by atoms with E-state index in [1.54, 1.807) is 11.8 Å². The molecule has 9 bridgehead atoms. The second-order valence-corrected chi connectivity index (χ2v) is 35.9. The zero-order valence-corrected chi connectivity index (χ0v) is 78.3. The molecule has 7 heterocycles. The zero-order chi connectivity index (χ0) is 101. The van der Waals surface area contributed by atoms with Crippen LogP contribution in [-0.2, 0) is 83.0 Å². The second-order valence-electron chi connectivity index (χ2n) is 35.1. The lowest BCUT2D eigenvalue weighted by Gasteiger charge is -2.48. The molecule has 42 heteroatoms. The van der Waals surface area contributed by atoms with Crippen LogP contribution in [0.2, 0.25) is 10.0 Å². The van der Waals surface area contributed by atoms with E-state index in [0.717, 1.165) is 89.1 Å². The minimum absolute atomic E-state index is 0.0291. The van der Waals surface area contributed by atoms with Crippen molar-refractivity contribution in [3.8, 4) is 57.1 Å². The van der Waals surface area contributed by atoms with Gasteiger partial charge in [-0.2, -0.15) is 0 Å². The predicted octanol–water partition coefficient (Wildman–Crippen LogP) is 5.98. The molecule has 0 saturated carbocycles. The molecule has 0 aromatic heterocycles. The number of benzene rings is 7. The quantitative estimate of drug-likeness (QED) is 0.0240. The SMILES string of the molecule is C=NC(=O)[C@@H]1NC(=O)[C@@H]2NC(=O)C(CC(N)=O)NC(=O)[C@H](NC(=O)[C@@H](CC(C)C)NC)[C@H](O)c3ccc(c(Cl)c3)Oc3cc2cc(c3O[C@@H]2OC(CO)[C@@H](O)[C@H](O)[C@H]2O[C@H]2C[C@](C)(NC(=O)CCC(C)OCCC(C)OCCC(=O)NCCC(=O)N3Cc4ccccc4C=Cc4ccccc43)[C@H](O)[C@H](C)O2)Oc2ccc(cc2Cl)[C@@H](O)CC(=O)N[C@H](C(=O)O)c2cc(O)cc(O)c2-c2cc1ccc2O. The summed E-state index contributed by atoms with van der Waals surface area (Å²) in [6.45, 7) is 13.2. The molecule has 2 fully saturated rings. The number of rotatable bonds is 29. The molecule has 0 radical (unpaired) electrons. The van der Waals surface area contributed by atoms with Crippen LogP contribution in [0.4, 0.5) is 5.69 Å². The number of carbonyl (C=O) groups is 11. The van der Waals surface area contributed by atoms with Crippen molar-refractivity contribution in [2.24, 2.45) is 16.6 Å². The summed E-state index contributed by atoms with van der Waals surface area (Å²) in [5.41, 5.74) is 4.82. The van der Waals surface area contributed by atoms with Crippen LogP contribution in [0.1, 0.15) is 174 Å². The normalized spacial score (nSPS) is 24.5. The third-order valence-electron chi connectivity index (χ3n) is 24.3. The molecule has 14 rings (SSSR count). The lowest BCUT2D eigenvalue weighted by molar-refractivity contribution is -0.334. The molecular formula is C97H113Cl2N11O29. The maximum atomic E-state index is 16.1. The van der Waals surface area contributed by atoms with Crippen LogP contribution in [0.5, 0.6) is 46.0 Å². The number of carbonyl (C=O) groups excluding carboxylic acids is 10. The number of nitrogens with two attached hydrogens (primary N) is 1. The lowest BCUT2D eigenvalue weighted by atomic mass is 9.84. The number of ether oxygens (including phenoxy) is 8. The number of likely N-dealkylation sites (N-methyl/N-ethyl adjacent to an activating group) is 1. The van der Waals surface area contributed by atoms with Gasteiger partial charge in [0.05, 0.1) is 84.3 Å². The molecule has 10 amide bonds. The number of fused-ring (bicyclic) bond motifs is 18. The van der Waals surface area contributed by atoms with E-state index < -0.39 is 267 Å². The Bertz CT molecular complexity index is 5770. The lowest BCUT2D eigenvalue weighted by Crippen LogP contribution is -2.66. The van der Waals surface area contributed by atoms with Crippen molar-refractivity contribution in [3.63, 3.8) is 0 Å². The Labute approximate surface area is 808 Å². The molecule has 4 unspecified atom stereocenters. The first-order valence-electron chi connectivity index (χ1n) is 45.0. The number of halogens is 2. The highest BCUT2D eigenvalue weighted by Crippen LogP contribution is 2.50. The third kappa shape index (κ3) is 26.0. The fraction of sp³-hybridized carbons (Fsp3) is 0.423. The molecule has 7 aliphatic rings. The van der Waals surface area contributed by atoms with Gasteiger partial charge in [-0.05, 0) is 166 Å². The Morgan fingerprint density at radius 2 is 1.35 bits per heavy atom. The van der Waals surface area contributed by atoms with Crippen LogP contribution in [0, 0.1) is 5.92 Å². The highest BCUT2D eigenvalue weighted by molar-refractivity contribution is 6.32.